The quantitative estimate of drug-likeness (QED) is 0.362. The largest absolute Gasteiger partial charge is 0.394 e. The number of aromatic nitrogens is 3. The molecule has 0 spiro atoms. The molecule has 11 heteroatoms. The van der Waals surface area contributed by atoms with E-state index in [1.165, 1.54) is 40.6 Å². The molecule has 0 saturated carbocycles. The molecule has 1 aliphatic rings. The average molecular weight is 505 g/mol. The van der Waals surface area contributed by atoms with Crippen molar-refractivity contribution in [2.45, 2.75) is 39.0 Å². The molecule has 3 aromatic heterocycles. The highest BCUT2D eigenvalue weighted by atomic mass is 32.3. The Kier molecular flexibility index (Phi) is 7.20. The zero-order valence-electron chi connectivity index (χ0n) is 19.1. The molecule has 34 heavy (non-hydrogen) atoms. The Hall–Kier alpha value is -2.57. The third-order valence-corrected chi connectivity index (χ3v) is 7.31. The van der Waals surface area contributed by atoms with Gasteiger partial charge >= 0.3 is 10.4 Å². The van der Waals surface area contributed by atoms with Crippen LogP contribution in [0, 0.1) is 13.8 Å². The van der Waals surface area contributed by atoms with E-state index in [2.05, 4.69) is 45.3 Å². The molecule has 0 unspecified atom stereocenters. The van der Waals surface area contributed by atoms with Crippen LogP contribution < -0.4 is 5.56 Å². The highest BCUT2D eigenvalue weighted by molar-refractivity contribution is 7.79. The maximum absolute atomic E-state index is 12.9. The lowest BCUT2D eigenvalue weighted by Gasteiger charge is -2.32. The normalized spacial score (nSPS) is 15.5. The number of likely N-dealkylation sites (tertiary alicyclic amines) is 1. The Morgan fingerprint density at radius 2 is 1.85 bits per heavy atom. The fourth-order valence-electron chi connectivity index (χ4n) is 4.68. The van der Waals surface area contributed by atoms with E-state index in [1.54, 1.807) is 4.40 Å². The Bertz CT molecular complexity index is 1460. The maximum atomic E-state index is 12.9. The number of nitrogens with zero attached hydrogens (tertiary/aromatic N) is 3. The van der Waals surface area contributed by atoms with Gasteiger partial charge in [0.1, 0.15) is 0 Å². The summed E-state index contributed by atoms with van der Waals surface area (Å²) in [4.78, 5) is 24.3. The number of hydrogen-bond acceptors (Lipinski definition) is 6. The second-order valence-corrected chi connectivity index (χ2v) is 10.3. The lowest BCUT2D eigenvalue weighted by molar-refractivity contribution is 0.215. The standard InChI is InChI=1S/C23H26N4OS.H2O4S/c1-15-14-29-23-25-16(2)18(22(28)27(15)23)9-12-26-10-7-17(8-11-26)20-13-24-21-6-4-3-5-19(20)21;1-5(2,3)4/h3-6,13-14,17,24H,7-12H2,1-2H3;(H2,1,2,3,4). The van der Waals surface area contributed by atoms with Gasteiger partial charge in [0.15, 0.2) is 4.96 Å². The summed E-state index contributed by atoms with van der Waals surface area (Å²) >= 11 is 1.54. The number of nitrogens with one attached hydrogen (secondary N) is 1. The summed E-state index contributed by atoms with van der Waals surface area (Å²) in [7, 11) is -4.67. The Morgan fingerprint density at radius 1 is 1.18 bits per heavy atom. The number of para-hydroxylation sites is 1. The lowest BCUT2D eigenvalue weighted by atomic mass is 9.89. The van der Waals surface area contributed by atoms with Crippen molar-refractivity contribution in [3.63, 3.8) is 0 Å². The molecule has 0 atom stereocenters. The van der Waals surface area contributed by atoms with E-state index in [0.717, 1.165) is 48.0 Å². The van der Waals surface area contributed by atoms with E-state index >= 15 is 0 Å². The van der Waals surface area contributed by atoms with Crippen molar-refractivity contribution in [2.24, 2.45) is 0 Å². The summed E-state index contributed by atoms with van der Waals surface area (Å²) in [6, 6.07) is 8.57. The molecule has 4 aromatic rings. The minimum atomic E-state index is -4.67. The highest BCUT2D eigenvalue weighted by Gasteiger charge is 2.23. The van der Waals surface area contributed by atoms with Crippen molar-refractivity contribution in [1.82, 2.24) is 19.3 Å². The van der Waals surface area contributed by atoms with Crippen molar-refractivity contribution in [1.29, 1.82) is 0 Å². The van der Waals surface area contributed by atoms with Crippen LogP contribution in [0.25, 0.3) is 15.9 Å². The molecule has 0 amide bonds. The van der Waals surface area contributed by atoms with Gasteiger partial charge in [-0.1, -0.05) is 18.2 Å². The first-order valence-electron chi connectivity index (χ1n) is 11.1. The van der Waals surface area contributed by atoms with Crippen LogP contribution >= 0.6 is 11.3 Å². The van der Waals surface area contributed by atoms with E-state index in [1.807, 2.05) is 19.2 Å². The van der Waals surface area contributed by atoms with Crippen LogP contribution in [-0.4, -0.2) is 56.4 Å². The highest BCUT2D eigenvalue weighted by Crippen LogP contribution is 2.33. The van der Waals surface area contributed by atoms with E-state index < -0.39 is 10.4 Å². The molecule has 9 nitrogen and oxygen atoms in total. The topological polar surface area (TPSA) is 128 Å². The minimum Gasteiger partial charge on any atom is -0.361 e. The molecule has 0 bridgehead atoms. The van der Waals surface area contributed by atoms with Crippen molar-refractivity contribution in [2.75, 3.05) is 19.6 Å². The number of aryl methyl sites for hydroxylation is 2. The molecule has 0 aliphatic carbocycles. The van der Waals surface area contributed by atoms with Gasteiger partial charge in [0.25, 0.3) is 5.56 Å². The third kappa shape index (κ3) is 5.56. The summed E-state index contributed by atoms with van der Waals surface area (Å²) in [5.74, 6) is 0.612. The number of piperidine rings is 1. The monoisotopic (exact) mass is 504 g/mol. The summed E-state index contributed by atoms with van der Waals surface area (Å²) in [5, 5.41) is 3.36. The number of H-pyrrole nitrogens is 1. The van der Waals surface area contributed by atoms with Gasteiger partial charge in [0.05, 0.1) is 0 Å². The summed E-state index contributed by atoms with van der Waals surface area (Å²) < 4.78 is 33.3. The molecule has 3 N–H and O–H groups in total. The zero-order valence-corrected chi connectivity index (χ0v) is 20.7. The van der Waals surface area contributed by atoms with Gasteiger partial charge in [-0.15, -0.1) is 11.3 Å². The number of thiazole rings is 1. The van der Waals surface area contributed by atoms with Crippen molar-refractivity contribution in [3.05, 3.63) is 68.7 Å². The van der Waals surface area contributed by atoms with Gasteiger partial charge in [0.2, 0.25) is 0 Å². The third-order valence-electron chi connectivity index (χ3n) is 6.37. The molecule has 1 aliphatic heterocycles. The van der Waals surface area contributed by atoms with Crippen LogP contribution in [0.5, 0.6) is 0 Å². The predicted octanol–water partition coefficient (Wildman–Crippen LogP) is 3.62. The van der Waals surface area contributed by atoms with Crippen LogP contribution in [0.2, 0.25) is 0 Å². The molecule has 182 valence electrons. The predicted molar refractivity (Wildman–Crippen MR) is 133 cm³/mol. The summed E-state index contributed by atoms with van der Waals surface area (Å²) in [6.07, 6.45) is 5.30. The molecule has 5 rings (SSSR count). The fraction of sp³-hybridized carbons (Fsp3) is 0.391. The molecule has 0 radical (unpaired) electrons. The van der Waals surface area contributed by atoms with E-state index in [9.17, 15) is 4.79 Å². The molecule has 4 heterocycles. The first-order chi connectivity index (χ1) is 16.1. The van der Waals surface area contributed by atoms with Gasteiger partial charge in [-0.05, 0) is 63.7 Å². The van der Waals surface area contributed by atoms with Crippen LogP contribution in [0.15, 0.2) is 40.6 Å². The van der Waals surface area contributed by atoms with Crippen molar-refractivity contribution in [3.8, 4) is 0 Å². The van der Waals surface area contributed by atoms with Crippen LogP contribution in [-0.2, 0) is 16.8 Å². The van der Waals surface area contributed by atoms with Crippen molar-refractivity contribution < 1.29 is 17.5 Å². The Morgan fingerprint density at radius 3 is 2.56 bits per heavy atom. The molecule has 1 aromatic carbocycles. The van der Waals surface area contributed by atoms with E-state index in [4.69, 9.17) is 17.5 Å². The summed E-state index contributed by atoms with van der Waals surface area (Å²) in [6.45, 7) is 7.03. The number of aromatic amines is 1. The van der Waals surface area contributed by atoms with Crippen LogP contribution in [0.1, 0.15) is 41.3 Å². The molecular weight excluding hydrogens is 476 g/mol. The Balaban J connectivity index is 0.000000499. The SMILES string of the molecule is Cc1nc2scc(C)n2c(=O)c1CCN1CCC(c2c[nH]c3ccccc23)CC1.O=S(=O)(O)O. The second-order valence-electron chi connectivity index (χ2n) is 8.58. The zero-order chi connectivity index (χ0) is 24.5. The average Bonchev–Trinajstić information content (AvgIpc) is 3.36. The van der Waals surface area contributed by atoms with Crippen molar-refractivity contribution >= 4 is 37.6 Å². The smallest absolute Gasteiger partial charge is 0.361 e. The van der Waals surface area contributed by atoms with Crippen LogP contribution in [0.4, 0.5) is 0 Å². The number of benzene rings is 1. The fourth-order valence-corrected chi connectivity index (χ4v) is 5.58. The second kappa shape index (κ2) is 9.96. The Labute approximate surface area is 201 Å². The maximum Gasteiger partial charge on any atom is 0.394 e. The molecule has 1 saturated heterocycles. The van der Waals surface area contributed by atoms with Crippen LogP contribution in [0.3, 0.4) is 0 Å². The van der Waals surface area contributed by atoms with Gasteiger partial charge in [0, 0.05) is 46.0 Å². The molecule has 1 fully saturated rings. The number of rotatable bonds is 4. The van der Waals surface area contributed by atoms with Gasteiger partial charge in [-0.25, -0.2) is 4.98 Å². The lowest BCUT2D eigenvalue weighted by Crippen LogP contribution is -2.35. The van der Waals surface area contributed by atoms with E-state index in [0.29, 0.717) is 5.92 Å². The number of fused-ring (bicyclic) bond motifs is 2. The van der Waals surface area contributed by atoms with Gasteiger partial charge < -0.3 is 9.88 Å². The van der Waals surface area contributed by atoms with Gasteiger partial charge in [-0.2, -0.15) is 8.42 Å². The summed E-state index contributed by atoms with van der Waals surface area (Å²) in [5.41, 5.74) is 5.51. The van der Waals surface area contributed by atoms with E-state index in [-0.39, 0.29) is 5.56 Å². The first-order valence-corrected chi connectivity index (χ1v) is 13.3. The number of hydrogen-bond donors (Lipinski definition) is 3. The van der Waals surface area contributed by atoms with Gasteiger partial charge in [-0.3, -0.25) is 18.3 Å². The minimum absolute atomic E-state index is 0.111. The first kappa shape index (κ1) is 24.6. The molecular formula is C23H28N4O5S2.